The van der Waals surface area contributed by atoms with Crippen molar-refractivity contribution in [3.63, 3.8) is 0 Å². The number of hydrogen-bond acceptors (Lipinski definition) is 2. The lowest BCUT2D eigenvalue weighted by Gasteiger charge is -2.30. The summed E-state index contributed by atoms with van der Waals surface area (Å²) in [5.74, 6) is -3.11. The predicted molar refractivity (Wildman–Crippen MR) is 85.9 cm³/mol. The van der Waals surface area contributed by atoms with E-state index in [0.717, 1.165) is 12.1 Å². The second kappa shape index (κ2) is 7.36. The van der Waals surface area contributed by atoms with E-state index in [0.29, 0.717) is 5.69 Å². The molecule has 0 spiro atoms. The molecule has 0 aromatic heterocycles. The van der Waals surface area contributed by atoms with Gasteiger partial charge in [-0.05, 0) is 37.5 Å². The third-order valence-electron chi connectivity index (χ3n) is 4.57. The third kappa shape index (κ3) is 4.82. The minimum atomic E-state index is -4.59. The number of nitrogens with zero attached hydrogens (tertiary/aromatic N) is 1. The Kier molecular flexibility index (Phi) is 5.77. The van der Waals surface area contributed by atoms with E-state index in [1.54, 1.807) is 14.1 Å². The van der Waals surface area contributed by atoms with Crippen molar-refractivity contribution in [2.24, 2.45) is 11.8 Å². The van der Waals surface area contributed by atoms with Crippen molar-refractivity contribution in [3.8, 4) is 0 Å². The predicted octanol–water partition coefficient (Wildman–Crippen LogP) is 5.08. The number of rotatable bonds is 3. The van der Waals surface area contributed by atoms with E-state index in [1.807, 2.05) is 0 Å². The molecule has 1 fully saturated rings. The maximum atomic E-state index is 12.9. The Hall–Kier alpha value is -1.93. The molecule has 0 aliphatic heterocycles. The summed E-state index contributed by atoms with van der Waals surface area (Å²) < 4.78 is 77.5. The number of carbonyl (C=O) groups excluding carboxylic acids is 1. The van der Waals surface area contributed by atoms with Crippen LogP contribution in [0, 0.1) is 11.8 Å². The first kappa shape index (κ1) is 20.4. The van der Waals surface area contributed by atoms with Gasteiger partial charge in [-0.3, -0.25) is 4.79 Å². The van der Waals surface area contributed by atoms with Crippen LogP contribution in [-0.2, 0) is 11.0 Å². The van der Waals surface area contributed by atoms with Gasteiger partial charge in [0.15, 0.2) is 0 Å². The van der Waals surface area contributed by atoms with Crippen LogP contribution in [0.25, 0.3) is 0 Å². The SMILES string of the molecule is CN(C)c1ccc(C(F)(F)F)cc1NC(=O)C1CCCC(C(F)(F)F)C1. The number of amides is 1. The zero-order chi connectivity index (χ0) is 19.7. The molecule has 9 heteroatoms. The minimum Gasteiger partial charge on any atom is -0.376 e. The van der Waals surface area contributed by atoms with Crippen molar-refractivity contribution in [1.29, 1.82) is 0 Å². The Bertz CT molecular complexity index is 654. The molecular formula is C17H20F6N2O. The molecule has 2 rings (SSSR count). The summed E-state index contributed by atoms with van der Waals surface area (Å²) in [6, 6.07) is 2.92. The lowest BCUT2D eigenvalue weighted by atomic mass is 9.80. The summed E-state index contributed by atoms with van der Waals surface area (Å²) in [5, 5.41) is 2.40. The summed E-state index contributed by atoms with van der Waals surface area (Å²) in [7, 11) is 3.19. The van der Waals surface area contributed by atoms with E-state index in [2.05, 4.69) is 5.32 Å². The van der Waals surface area contributed by atoms with Gasteiger partial charge in [-0.2, -0.15) is 26.3 Å². The second-order valence-electron chi connectivity index (χ2n) is 6.72. The Labute approximate surface area is 147 Å². The van der Waals surface area contributed by atoms with Gasteiger partial charge in [-0.1, -0.05) is 6.42 Å². The highest BCUT2D eigenvalue weighted by molar-refractivity contribution is 5.96. The monoisotopic (exact) mass is 382 g/mol. The van der Waals surface area contributed by atoms with Crippen molar-refractivity contribution < 1.29 is 31.1 Å². The van der Waals surface area contributed by atoms with Crippen LogP contribution in [0.15, 0.2) is 18.2 Å². The Balaban J connectivity index is 2.22. The lowest BCUT2D eigenvalue weighted by molar-refractivity contribution is -0.185. The fourth-order valence-corrected chi connectivity index (χ4v) is 3.16. The van der Waals surface area contributed by atoms with Crippen molar-refractivity contribution >= 4 is 17.3 Å². The van der Waals surface area contributed by atoms with Crippen molar-refractivity contribution in [3.05, 3.63) is 23.8 Å². The first-order chi connectivity index (χ1) is 11.9. The molecule has 0 radical (unpaired) electrons. The third-order valence-corrected chi connectivity index (χ3v) is 4.57. The maximum Gasteiger partial charge on any atom is 0.416 e. The molecule has 3 nitrogen and oxygen atoms in total. The summed E-state index contributed by atoms with van der Waals surface area (Å²) in [6.07, 6.45) is -8.79. The van der Waals surface area contributed by atoms with Crippen LogP contribution >= 0.6 is 0 Å². The van der Waals surface area contributed by atoms with Gasteiger partial charge in [0.2, 0.25) is 5.91 Å². The van der Waals surface area contributed by atoms with Crippen molar-refractivity contribution in [2.75, 3.05) is 24.3 Å². The highest BCUT2D eigenvalue weighted by atomic mass is 19.4. The number of halogens is 6. The van der Waals surface area contributed by atoms with Crippen LogP contribution < -0.4 is 10.2 Å². The zero-order valence-corrected chi connectivity index (χ0v) is 14.3. The Morgan fingerprint density at radius 1 is 1.12 bits per heavy atom. The normalized spacial score (nSPS) is 21.4. The molecule has 2 unspecified atom stereocenters. The number of alkyl halides is 6. The molecule has 0 bridgehead atoms. The quantitative estimate of drug-likeness (QED) is 0.740. The average Bonchev–Trinajstić information content (AvgIpc) is 2.53. The molecule has 0 heterocycles. The van der Waals surface area contributed by atoms with Gasteiger partial charge >= 0.3 is 12.4 Å². The van der Waals surface area contributed by atoms with E-state index in [1.165, 1.54) is 11.0 Å². The van der Waals surface area contributed by atoms with Crippen LogP contribution in [0.1, 0.15) is 31.2 Å². The van der Waals surface area contributed by atoms with E-state index >= 15 is 0 Å². The maximum absolute atomic E-state index is 12.9. The lowest BCUT2D eigenvalue weighted by Crippen LogP contribution is -2.34. The molecule has 1 aromatic carbocycles. The van der Waals surface area contributed by atoms with Crippen molar-refractivity contribution in [1.82, 2.24) is 0 Å². The van der Waals surface area contributed by atoms with E-state index in [9.17, 15) is 31.1 Å². The van der Waals surface area contributed by atoms with Crippen LogP contribution in [-0.4, -0.2) is 26.2 Å². The van der Waals surface area contributed by atoms with Gasteiger partial charge in [0.1, 0.15) is 0 Å². The second-order valence-corrected chi connectivity index (χ2v) is 6.72. The number of anilines is 2. The molecule has 1 saturated carbocycles. The summed E-state index contributed by atoms with van der Waals surface area (Å²) in [6.45, 7) is 0. The standard InChI is InChI=1S/C17H20F6N2O/c1-25(2)14-7-6-12(17(21,22)23)9-13(14)24-15(26)10-4-3-5-11(8-10)16(18,19)20/h6-7,9-11H,3-5,8H2,1-2H3,(H,24,26). The van der Waals surface area contributed by atoms with Gasteiger partial charge in [0, 0.05) is 20.0 Å². The van der Waals surface area contributed by atoms with Crippen LogP contribution in [0.5, 0.6) is 0 Å². The molecule has 2 atom stereocenters. The molecule has 146 valence electrons. The van der Waals surface area contributed by atoms with E-state index < -0.39 is 35.7 Å². The highest BCUT2D eigenvalue weighted by Crippen LogP contribution is 2.41. The highest BCUT2D eigenvalue weighted by Gasteiger charge is 2.43. The van der Waals surface area contributed by atoms with Gasteiger partial charge in [-0.25, -0.2) is 0 Å². The van der Waals surface area contributed by atoms with Gasteiger partial charge < -0.3 is 10.2 Å². The molecule has 1 aliphatic carbocycles. The van der Waals surface area contributed by atoms with Crippen molar-refractivity contribution in [2.45, 2.75) is 38.0 Å². The number of hydrogen-bond donors (Lipinski definition) is 1. The molecule has 1 aromatic rings. The fourth-order valence-electron chi connectivity index (χ4n) is 3.16. The van der Waals surface area contributed by atoms with Gasteiger partial charge in [0.25, 0.3) is 0 Å². The van der Waals surface area contributed by atoms with Gasteiger partial charge in [0.05, 0.1) is 22.9 Å². The fraction of sp³-hybridized carbons (Fsp3) is 0.588. The first-order valence-corrected chi connectivity index (χ1v) is 8.15. The number of carbonyl (C=O) groups is 1. The first-order valence-electron chi connectivity index (χ1n) is 8.15. The van der Waals surface area contributed by atoms with Crippen LogP contribution in [0.4, 0.5) is 37.7 Å². The minimum absolute atomic E-state index is 0.0280. The summed E-state index contributed by atoms with van der Waals surface area (Å²) in [4.78, 5) is 13.9. The molecule has 26 heavy (non-hydrogen) atoms. The largest absolute Gasteiger partial charge is 0.416 e. The van der Waals surface area contributed by atoms with E-state index in [-0.39, 0.29) is 31.4 Å². The molecule has 0 saturated heterocycles. The topological polar surface area (TPSA) is 32.3 Å². The Morgan fingerprint density at radius 3 is 2.31 bits per heavy atom. The molecular weight excluding hydrogens is 362 g/mol. The van der Waals surface area contributed by atoms with Gasteiger partial charge in [-0.15, -0.1) is 0 Å². The average molecular weight is 382 g/mol. The zero-order valence-electron chi connectivity index (χ0n) is 14.3. The molecule has 1 amide bonds. The number of benzene rings is 1. The van der Waals surface area contributed by atoms with E-state index in [4.69, 9.17) is 0 Å². The molecule has 1 aliphatic rings. The van der Waals surface area contributed by atoms with Crippen LogP contribution in [0.3, 0.4) is 0 Å². The summed E-state index contributed by atoms with van der Waals surface area (Å²) >= 11 is 0. The smallest absolute Gasteiger partial charge is 0.376 e. The molecule has 1 N–H and O–H groups in total. The van der Waals surface area contributed by atoms with Crippen LogP contribution in [0.2, 0.25) is 0 Å². The Morgan fingerprint density at radius 2 is 1.77 bits per heavy atom. The summed E-state index contributed by atoms with van der Waals surface area (Å²) in [5.41, 5.74) is -0.659. The number of nitrogens with one attached hydrogen (secondary N) is 1.